The lowest BCUT2D eigenvalue weighted by Gasteiger charge is -2.63. The largest absolute Gasteiger partial charge is 0.726 e. The number of rotatable bonds is 7. The van der Waals surface area contributed by atoms with Crippen molar-refractivity contribution < 1.29 is 56.5 Å². The topological polar surface area (TPSA) is 184 Å². The van der Waals surface area contributed by atoms with Gasteiger partial charge in [0.1, 0.15) is 46.5 Å². The third-order valence-electron chi connectivity index (χ3n) is 8.04. The van der Waals surface area contributed by atoms with Crippen LogP contribution in [0.5, 0.6) is 0 Å². The molecule has 4 N–H and O–H groups in total. The lowest BCUT2D eigenvalue weighted by Crippen LogP contribution is -2.80. The van der Waals surface area contributed by atoms with E-state index in [0.29, 0.717) is 6.42 Å². The van der Waals surface area contributed by atoms with Gasteiger partial charge in [0, 0.05) is 7.11 Å². The summed E-state index contributed by atoms with van der Waals surface area (Å²) in [5, 5.41) is 44.2. The monoisotopic (exact) mass is 529 g/mol. The Morgan fingerprint density at radius 1 is 1.11 bits per heavy atom. The molecule has 9 atom stereocenters. The number of aliphatic hydroxyl groups excluding tert-OH is 2. The molecule has 2 rings (SSSR count). The van der Waals surface area contributed by atoms with E-state index in [4.69, 9.17) is 18.9 Å². The van der Waals surface area contributed by atoms with Crippen LogP contribution in [-0.4, -0.2) is 99.2 Å². The third kappa shape index (κ3) is 4.65. The van der Waals surface area contributed by atoms with Crippen LogP contribution in [0.25, 0.3) is 0 Å². The summed E-state index contributed by atoms with van der Waals surface area (Å²) in [6, 6.07) is 0. The summed E-state index contributed by atoms with van der Waals surface area (Å²) in [4.78, 5) is 0. The summed E-state index contributed by atoms with van der Waals surface area (Å²) >= 11 is 0. The van der Waals surface area contributed by atoms with Gasteiger partial charge in [-0.1, -0.05) is 20.9 Å². The van der Waals surface area contributed by atoms with Crippen LogP contribution in [0.2, 0.25) is 0 Å². The molecule has 4 unspecified atom stereocenters. The second-order valence-electron chi connectivity index (χ2n) is 9.96. The molecule has 0 spiro atoms. The highest BCUT2D eigenvalue weighted by molar-refractivity contribution is 7.80. The van der Waals surface area contributed by atoms with Crippen molar-refractivity contribution in [2.45, 2.75) is 114 Å². The van der Waals surface area contributed by atoms with E-state index in [0.717, 1.165) is 7.11 Å². The fourth-order valence-corrected chi connectivity index (χ4v) is 5.46. The van der Waals surface area contributed by atoms with Gasteiger partial charge in [0.15, 0.2) is 11.4 Å². The van der Waals surface area contributed by atoms with Crippen molar-refractivity contribution in [3.63, 3.8) is 0 Å². The standard InChI is InChI=1S/C21H38O12S.CH4/c1-10-16(3)20(7,24)21(8,25)18(5,12(2)30-16)33-19(6)15(23)17(4,29-9)14(13(11-22)31-19)32-34(26,27)28;/h13-15,22-25H,2,10-11H2,1,3-9H3,(H,26,27,28);1H4/p-1/t13?,14-,15?,16+,17+,18-,19-,20?,21?;/m0./s1. The molecule has 12 nitrogen and oxygen atoms in total. The van der Waals surface area contributed by atoms with Crippen LogP contribution in [0.1, 0.15) is 62.3 Å². The molecular weight excluding hydrogens is 488 g/mol. The van der Waals surface area contributed by atoms with Crippen molar-refractivity contribution in [2.24, 2.45) is 0 Å². The van der Waals surface area contributed by atoms with Gasteiger partial charge in [-0.2, -0.15) is 0 Å². The molecule has 2 heterocycles. The second-order valence-corrected chi connectivity index (χ2v) is 11.0. The maximum Gasteiger partial charge on any atom is 0.218 e. The molecule has 0 saturated carbocycles. The van der Waals surface area contributed by atoms with E-state index in [-0.39, 0.29) is 13.2 Å². The van der Waals surface area contributed by atoms with E-state index >= 15 is 0 Å². The molecule has 0 aromatic rings. The van der Waals surface area contributed by atoms with Crippen LogP contribution in [-0.2, 0) is 33.5 Å². The van der Waals surface area contributed by atoms with Crippen molar-refractivity contribution in [3.8, 4) is 0 Å². The normalized spacial score (nSPS) is 48.7. The van der Waals surface area contributed by atoms with Crippen LogP contribution in [0.4, 0.5) is 0 Å². The summed E-state index contributed by atoms with van der Waals surface area (Å²) in [6.45, 7) is 13.0. The zero-order valence-electron chi connectivity index (χ0n) is 20.8. The molecule has 13 heteroatoms. The molecule has 2 aliphatic heterocycles. The van der Waals surface area contributed by atoms with Crippen molar-refractivity contribution in [1.82, 2.24) is 0 Å². The molecule has 2 aliphatic rings. The average Bonchev–Trinajstić information content (AvgIpc) is 2.71. The van der Waals surface area contributed by atoms with Crippen LogP contribution in [0, 0.1) is 0 Å². The fourth-order valence-electron chi connectivity index (χ4n) is 4.89. The molecule has 0 aromatic heterocycles. The zero-order chi connectivity index (χ0) is 26.8. The van der Waals surface area contributed by atoms with Gasteiger partial charge in [0.2, 0.25) is 10.4 Å². The van der Waals surface area contributed by atoms with Gasteiger partial charge in [0.05, 0.1) is 6.61 Å². The van der Waals surface area contributed by atoms with Crippen LogP contribution in [0.15, 0.2) is 12.3 Å². The number of aliphatic hydroxyl groups is 4. The van der Waals surface area contributed by atoms with Gasteiger partial charge >= 0.3 is 0 Å². The lowest BCUT2D eigenvalue weighted by atomic mass is 9.62. The first-order valence-electron chi connectivity index (χ1n) is 10.8. The van der Waals surface area contributed by atoms with E-state index in [1.807, 2.05) is 0 Å². The number of hydrogen-bond donors (Lipinski definition) is 4. The van der Waals surface area contributed by atoms with Gasteiger partial charge in [-0.3, -0.25) is 4.18 Å². The predicted octanol–water partition coefficient (Wildman–Crippen LogP) is 0.331. The first kappa shape index (κ1) is 32.2. The first-order valence-corrected chi connectivity index (χ1v) is 12.1. The third-order valence-corrected chi connectivity index (χ3v) is 8.48. The lowest BCUT2D eigenvalue weighted by molar-refractivity contribution is -0.428. The van der Waals surface area contributed by atoms with E-state index in [1.54, 1.807) is 13.8 Å². The number of methoxy groups -OCH3 is 1. The van der Waals surface area contributed by atoms with Gasteiger partial charge in [-0.15, -0.1) is 0 Å². The summed E-state index contributed by atoms with van der Waals surface area (Å²) in [5.74, 6) is -2.20. The molecule has 2 saturated heterocycles. The smallest absolute Gasteiger partial charge is 0.218 e. The van der Waals surface area contributed by atoms with E-state index in [9.17, 15) is 33.4 Å². The minimum Gasteiger partial charge on any atom is -0.726 e. The number of hydrogen-bond acceptors (Lipinski definition) is 12. The SMILES string of the molecule is C.C=C1O[C@](C)(CC)C(C)(O)C(C)(O)[C@@]1(C)O[C@]1(C)OC(CO)[C@H](OS(=O)(=O)[O-])[C@@](C)(OC)C1O. The van der Waals surface area contributed by atoms with Gasteiger partial charge in [-0.25, -0.2) is 8.42 Å². The highest BCUT2D eigenvalue weighted by Gasteiger charge is 2.72. The van der Waals surface area contributed by atoms with Crippen molar-refractivity contribution in [3.05, 3.63) is 12.3 Å². The fraction of sp³-hybridized carbons (Fsp3) is 0.909. The number of ether oxygens (including phenoxy) is 4. The summed E-state index contributed by atoms with van der Waals surface area (Å²) in [7, 11) is -4.15. The maximum absolute atomic E-state index is 11.6. The summed E-state index contributed by atoms with van der Waals surface area (Å²) in [5.41, 5.74) is -9.08. The van der Waals surface area contributed by atoms with Crippen LogP contribution >= 0.6 is 0 Å². The Morgan fingerprint density at radius 2 is 1.63 bits per heavy atom. The van der Waals surface area contributed by atoms with E-state index in [1.165, 1.54) is 34.6 Å². The molecule has 0 aromatic carbocycles. The Kier molecular flexibility index (Phi) is 8.69. The van der Waals surface area contributed by atoms with E-state index in [2.05, 4.69) is 10.8 Å². The summed E-state index contributed by atoms with van der Waals surface area (Å²) < 4.78 is 61.7. The zero-order valence-corrected chi connectivity index (χ0v) is 21.6. The van der Waals surface area contributed by atoms with Gasteiger partial charge in [0.25, 0.3) is 0 Å². The van der Waals surface area contributed by atoms with Crippen LogP contribution < -0.4 is 0 Å². The molecule has 0 radical (unpaired) electrons. The summed E-state index contributed by atoms with van der Waals surface area (Å²) in [6.07, 6.45) is -4.81. The van der Waals surface area contributed by atoms with Crippen LogP contribution in [0.3, 0.4) is 0 Å². The van der Waals surface area contributed by atoms with Crippen molar-refractivity contribution in [2.75, 3.05) is 13.7 Å². The Morgan fingerprint density at radius 3 is 2.03 bits per heavy atom. The molecule has 0 aliphatic carbocycles. The highest BCUT2D eigenvalue weighted by Crippen LogP contribution is 2.55. The van der Waals surface area contributed by atoms with E-state index < -0.39 is 69.1 Å². The van der Waals surface area contributed by atoms with Gasteiger partial charge < -0.3 is 43.9 Å². The van der Waals surface area contributed by atoms with Crippen molar-refractivity contribution >= 4 is 10.4 Å². The van der Waals surface area contributed by atoms with Gasteiger partial charge in [-0.05, 0) is 48.0 Å². The second kappa shape index (κ2) is 9.46. The first-order chi connectivity index (χ1) is 15.1. The quantitative estimate of drug-likeness (QED) is 0.262. The molecule has 0 amide bonds. The Balaban J connectivity index is 0.00000612. The molecule has 208 valence electrons. The average molecular weight is 530 g/mol. The molecule has 2 fully saturated rings. The minimum atomic E-state index is -5.29. The molecular formula is C22H41O12S-. The Bertz CT molecular complexity index is 904. The Labute approximate surface area is 207 Å². The highest BCUT2D eigenvalue weighted by atomic mass is 32.3. The maximum atomic E-state index is 11.6. The molecule has 35 heavy (non-hydrogen) atoms. The predicted molar refractivity (Wildman–Crippen MR) is 123 cm³/mol. The Hall–Kier alpha value is -0.870. The molecule has 0 bridgehead atoms. The van der Waals surface area contributed by atoms with Crippen molar-refractivity contribution in [1.29, 1.82) is 0 Å². The minimum absolute atomic E-state index is 0.